The van der Waals surface area contributed by atoms with Gasteiger partial charge in [-0.25, -0.2) is 4.68 Å². The normalized spacial score (nSPS) is 13.4. The second-order valence-corrected chi connectivity index (χ2v) is 6.80. The number of amides is 1. The number of aromatic nitrogens is 2. The van der Waals surface area contributed by atoms with E-state index in [1.165, 1.54) is 0 Å². The molecular weight excluding hydrogens is 366 g/mol. The summed E-state index contributed by atoms with van der Waals surface area (Å²) < 4.78 is 12.6. The fourth-order valence-corrected chi connectivity index (χ4v) is 3.23. The van der Waals surface area contributed by atoms with E-state index < -0.39 is 0 Å². The zero-order chi connectivity index (χ0) is 20.2. The molecule has 148 valence electrons. The molecule has 6 nitrogen and oxygen atoms in total. The number of hydrogen-bond acceptors (Lipinski definition) is 4. The third-order valence-electron chi connectivity index (χ3n) is 4.99. The SMILES string of the molecule is COc1ccc(-c2nn(-c3ccccc3)cc2/C=C/C(=O)N2CCC2)cc1OC. The van der Waals surface area contributed by atoms with Crippen molar-refractivity contribution in [1.29, 1.82) is 0 Å². The first-order chi connectivity index (χ1) is 14.2. The molecule has 0 unspecified atom stereocenters. The molecule has 1 aromatic heterocycles. The molecule has 2 heterocycles. The van der Waals surface area contributed by atoms with Crippen LogP contribution in [-0.2, 0) is 4.79 Å². The van der Waals surface area contributed by atoms with Gasteiger partial charge in [0.05, 0.1) is 19.9 Å². The average molecular weight is 389 g/mol. The minimum absolute atomic E-state index is 0.0296. The van der Waals surface area contributed by atoms with Crippen molar-refractivity contribution in [2.75, 3.05) is 27.3 Å². The minimum atomic E-state index is 0.0296. The molecule has 1 saturated heterocycles. The summed E-state index contributed by atoms with van der Waals surface area (Å²) in [5.41, 5.74) is 3.45. The molecule has 6 heteroatoms. The quantitative estimate of drug-likeness (QED) is 0.602. The number of benzene rings is 2. The summed E-state index contributed by atoms with van der Waals surface area (Å²) in [6.07, 6.45) is 6.46. The topological polar surface area (TPSA) is 56.6 Å². The van der Waals surface area contributed by atoms with Crippen LogP contribution in [0.3, 0.4) is 0 Å². The van der Waals surface area contributed by atoms with Crippen LogP contribution in [0.1, 0.15) is 12.0 Å². The predicted octanol–water partition coefficient (Wildman–Crippen LogP) is 3.80. The number of nitrogens with zero attached hydrogens (tertiary/aromatic N) is 3. The van der Waals surface area contributed by atoms with Crippen LogP contribution in [0.15, 0.2) is 60.8 Å². The van der Waals surface area contributed by atoms with Crippen molar-refractivity contribution >= 4 is 12.0 Å². The van der Waals surface area contributed by atoms with Crippen LogP contribution in [0.2, 0.25) is 0 Å². The number of carbonyl (C=O) groups is 1. The summed E-state index contributed by atoms with van der Waals surface area (Å²) in [6.45, 7) is 1.66. The summed E-state index contributed by atoms with van der Waals surface area (Å²) >= 11 is 0. The molecule has 3 aromatic rings. The van der Waals surface area contributed by atoms with Gasteiger partial charge in [-0.1, -0.05) is 18.2 Å². The number of carbonyl (C=O) groups excluding carboxylic acids is 1. The Kier molecular flexibility index (Phi) is 5.33. The zero-order valence-corrected chi connectivity index (χ0v) is 16.5. The van der Waals surface area contributed by atoms with E-state index in [0.29, 0.717) is 11.5 Å². The van der Waals surface area contributed by atoms with Gasteiger partial charge in [-0.2, -0.15) is 5.10 Å². The third kappa shape index (κ3) is 3.87. The maximum absolute atomic E-state index is 12.3. The number of hydrogen-bond donors (Lipinski definition) is 0. The summed E-state index contributed by atoms with van der Waals surface area (Å²) in [5, 5.41) is 4.78. The van der Waals surface area contributed by atoms with E-state index >= 15 is 0 Å². The maximum Gasteiger partial charge on any atom is 0.246 e. The Labute approximate surface area is 170 Å². The Morgan fingerprint density at radius 1 is 1.03 bits per heavy atom. The largest absolute Gasteiger partial charge is 0.493 e. The Hall–Kier alpha value is -3.54. The van der Waals surface area contributed by atoms with Crippen molar-refractivity contribution in [3.05, 3.63) is 66.4 Å². The fourth-order valence-electron chi connectivity index (χ4n) is 3.23. The van der Waals surface area contributed by atoms with E-state index in [1.807, 2.05) is 70.4 Å². The average Bonchev–Trinajstić information content (AvgIpc) is 3.15. The monoisotopic (exact) mass is 389 g/mol. The summed E-state index contributed by atoms with van der Waals surface area (Å²) in [7, 11) is 3.22. The van der Waals surface area contributed by atoms with E-state index in [2.05, 4.69) is 0 Å². The van der Waals surface area contributed by atoms with Gasteiger partial charge in [-0.05, 0) is 42.8 Å². The first-order valence-corrected chi connectivity index (χ1v) is 9.54. The number of para-hydroxylation sites is 1. The van der Waals surface area contributed by atoms with E-state index in [4.69, 9.17) is 14.6 Å². The predicted molar refractivity (Wildman–Crippen MR) is 112 cm³/mol. The lowest BCUT2D eigenvalue weighted by atomic mass is 10.1. The lowest BCUT2D eigenvalue weighted by molar-refractivity contribution is -0.129. The Morgan fingerprint density at radius 3 is 2.45 bits per heavy atom. The molecule has 4 rings (SSSR count). The van der Waals surface area contributed by atoms with E-state index in [0.717, 1.165) is 42.0 Å². The van der Waals surface area contributed by atoms with Gasteiger partial charge in [0.2, 0.25) is 5.91 Å². The molecule has 1 fully saturated rings. The molecule has 0 N–H and O–H groups in total. The van der Waals surface area contributed by atoms with E-state index in [9.17, 15) is 4.79 Å². The van der Waals surface area contributed by atoms with Crippen LogP contribution in [-0.4, -0.2) is 47.9 Å². The first-order valence-electron chi connectivity index (χ1n) is 9.54. The summed E-state index contributed by atoms with van der Waals surface area (Å²) in [4.78, 5) is 14.1. The van der Waals surface area contributed by atoms with Crippen molar-refractivity contribution in [3.8, 4) is 28.4 Å². The number of rotatable bonds is 6. The Bertz CT molecular complexity index is 1040. The highest BCUT2D eigenvalue weighted by molar-refractivity contribution is 5.93. The standard InChI is InChI=1S/C23H23N3O3/c1-28-20-11-9-17(15-21(20)29-2)23-18(10-12-22(27)25-13-6-14-25)16-26(24-23)19-7-4-3-5-8-19/h3-5,7-12,15-16H,6,13-14H2,1-2H3/b12-10+. The van der Waals surface area contributed by atoms with E-state index in [1.54, 1.807) is 20.3 Å². The molecule has 2 aromatic carbocycles. The number of methoxy groups -OCH3 is 2. The molecule has 1 aliphatic heterocycles. The van der Waals surface area contributed by atoms with Crippen LogP contribution in [0.5, 0.6) is 11.5 Å². The molecule has 0 aliphatic carbocycles. The van der Waals surface area contributed by atoms with Gasteiger partial charge in [0.1, 0.15) is 5.69 Å². The number of ether oxygens (including phenoxy) is 2. The highest BCUT2D eigenvalue weighted by Crippen LogP contribution is 2.33. The maximum atomic E-state index is 12.3. The molecule has 1 aliphatic rings. The molecule has 0 radical (unpaired) electrons. The van der Waals surface area contributed by atoms with Gasteiger partial charge in [0.25, 0.3) is 0 Å². The molecule has 0 bridgehead atoms. The van der Waals surface area contributed by atoms with Gasteiger partial charge in [0, 0.05) is 36.5 Å². The second kappa shape index (κ2) is 8.22. The van der Waals surface area contributed by atoms with Crippen molar-refractivity contribution in [3.63, 3.8) is 0 Å². The molecule has 0 spiro atoms. The summed E-state index contributed by atoms with van der Waals surface area (Å²) in [6, 6.07) is 15.6. The van der Waals surface area contributed by atoms with Crippen molar-refractivity contribution in [1.82, 2.24) is 14.7 Å². The highest BCUT2D eigenvalue weighted by atomic mass is 16.5. The Morgan fingerprint density at radius 2 is 1.79 bits per heavy atom. The lowest BCUT2D eigenvalue weighted by Gasteiger charge is -2.29. The second-order valence-electron chi connectivity index (χ2n) is 6.80. The smallest absolute Gasteiger partial charge is 0.246 e. The zero-order valence-electron chi connectivity index (χ0n) is 16.5. The summed E-state index contributed by atoms with van der Waals surface area (Å²) in [5.74, 6) is 1.32. The molecule has 29 heavy (non-hydrogen) atoms. The molecule has 0 saturated carbocycles. The molecule has 1 amide bonds. The minimum Gasteiger partial charge on any atom is -0.493 e. The van der Waals surface area contributed by atoms with Gasteiger partial charge >= 0.3 is 0 Å². The van der Waals surface area contributed by atoms with Gasteiger partial charge < -0.3 is 14.4 Å². The van der Waals surface area contributed by atoms with Crippen molar-refractivity contribution in [2.24, 2.45) is 0 Å². The lowest BCUT2D eigenvalue weighted by Crippen LogP contribution is -2.40. The molecular formula is C23H23N3O3. The van der Waals surface area contributed by atoms with E-state index in [-0.39, 0.29) is 5.91 Å². The highest BCUT2D eigenvalue weighted by Gasteiger charge is 2.18. The van der Waals surface area contributed by atoms with Crippen LogP contribution in [0.25, 0.3) is 23.0 Å². The van der Waals surface area contributed by atoms with Crippen molar-refractivity contribution in [2.45, 2.75) is 6.42 Å². The number of likely N-dealkylation sites (tertiary alicyclic amines) is 1. The fraction of sp³-hybridized carbons (Fsp3) is 0.217. The Balaban J connectivity index is 1.75. The van der Waals surface area contributed by atoms with Crippen LogP contribution in [0.4, 0.5) is 0 Å². The van der Waals surface area contributed by atoms with Crippen LogP contribution in [0, 0.1) is 0 Å². The van der Waals surface area contributed by atoms with Gasteiger partial charge in [-0.3, -0.25) is 4.79 Å². The van der Waals surface area contributed by atoms with Crippen molar-refractivity contribution < 1.29 is 14.3 Å². The molecule has 0 atom stereocenters. The van der Waals surface area contributed by atoms with Gasteiger partial charge in [0.15, 0.2) is 11.5 Å². The van der Waals surface area contributed by atoms with Crippen LogP contribution >= 0.6 is 0 Å². The van der Waals surface area contributed by atoms with Gasteiger partial charge in [-0.15, -0.1) is 0 Å². The van der Waals surface area contributed by atoms with Crippen LogP contribution < -0.4 is 9.47 Å². The third-order valence-corrected chi connectivity index (χ3v) is 4.99. The first kappa shape index (κ1) is 18.8.